The van der Waals surface area contributed by atoms with Gasteiger partial charge in [-0.05, 0) is 12.1 Å². The first-order valence-electron chi connectivity index (χ1n) is 5.15. The maximum Gasteiger partial charge on any atom is 0.165 e. The third kappa shape index (κ3) is 2.40. The molecule has 5 nitrogen and oxygen atoms in total. The number of hydrogen-bond acceptors (Lipinski definition) is 4. The fourth-order valence-electron chi connectivity index (χ4n) is 1.55. The van der Waals surface area contributed by atoms with Gasteiger partial charge in [-0.15, -0.1) is 10.2 Å². The molecule has 90 valence electrons. The topological polar surface area (TPSA) is 66.0 Å². The van der Waals surface area contributed by atoms with Crippen LogP contribution in [-0.2, 0) is 11.3 Å². The number of methoxy groups -OCH3 is 1. The highest BCUT2D eigenvalue weighted by Crippen LogP contribution is 2.29. The first kappa shape index (κ1) is 11.9. The number of benzene rings is 1. The number of aromatic nitrogens is 3. The van der Waals surface area contributed by atoms with Crippen LogP contribution >= 0.6 is 11.6 Å². The largest absolute Gasteiger partial charge is 0.397 e. The second-order valence-corrected chi connectivity index (χ2v) is 3.95. The zero-order chi connectivity index (χ0) is 12.3. The van der Waals surface area contributed by atoms with Gasteiger partial charge in [-0.3, -0.25) is 0 Å². The molecule has 0 unspecified atom stereocenters. The molecule has 0 saturated carbocycles. The average molecular weight is 253 g/mol. The molecule has 0 spiro atoms. The van der Waals surface area contributed by atoms with E-state index in [4.69, 9.17) is 22.1 Å². The van der Waals surface area contributed by atoms with Crippen LogP contribution in [0.3, 0.4) is 0 Å². The molecule has 0 aliphatic rings. The first-order chi connectivity index (χ1) is 8.24. The van der Waals surface area contributed by atoms with Gasteiger partial charge in [-0.1, -0.05) is 17.7 Å². The number of nitrogens with two attached hydrogens (primary N) is 1. The van der Waals surface area contributed by atoms with E-state index in [1.54, 1.807) is 19.5 Å². The van der Waals surface area contributed by atoms with E-state index < -0.39 is 0 Å². The van der Waals surface area contributed by atoms with E-state index in [-0.39, 0.29) is 0 Å². The van der Waals surface area contributed by atoms with Gasteiger partial charge >= 0.3 is 0 Å². The molecule has 1 aromatic carbocycles. The molecule has 0 saturated heterocycles. The molecule has 0 amide bonds. The van der Waals surface area contributed by atoms with E-state index in [0.717, 1.165) is 5.56 Å². The Balaban J connectivity index is 2.39. The smallest absolute Gasteiger partial charge is 0.165 e. The van der Waals surface area contributed by atoms with Crippen molar-refractivity contribution in [3.05, 3.63) is 29.5 Å². The molecule has 17 heavy (non-hydrogen) atoms. The van der Waals surface area contributed by atoms with Crippen molar-refractivity contribution in [1.82, 2.24) is 14.8 Å². The standard InChI is InChI=1S/C11H13ClN4O/c1-17-6-5-16-7-14-15-11(16)8-3-2-4-9(12)10(8)13/h2-4,7H,5-6,13H2,1H3. The zero-order valence-electron chi connectivity index (χ0n) is 9.43. The molecular weight excluding hydrogens is 240 g/mol. The van der Waals surface area contributed by atoms with Crippen LogP contribution in [0, 0.1) is 0 Å². The molecule has 1 aromatic heterocycles. The normalized spacial score (nSPS) is 10.7. The number of rotatable bonds is 4. The second kappa shape index (κ2) is 5.16. The Morgan fingerprint density at radius 3 is 3.06 bits per heavy atom. The van der Waals surface area contributed by atoms with E-state index in [1.165, 1.54) is 0 Å². The average Bonchev–Trinajstić information content (AvgIpc) is 2.78. The molecule has 0 radical (unpaired) electrons. The minimum Gasteiger partial charge on any atom is -0.397 e. The third-order valence-electron chi connectivity index (χ3n) is 2.45. The number of hydrogen-bond donors (Lipinski definition) is 1. The summed E-state index contributed by atoms with van der Waals surface area (Å²) in [5, 5.41) is 8.46. The van der Waals surface area contributed by atoms with Gasteiger partial charge in [0.05, 0.1) is 17.3 Å². The Morgan fingerprint density at radius 2 is 2.29 bits per heavy atom. The minimum absolute atomic E-state index is 0.515. The van der Waals surface area contributed by atoms with E-state index in [1.807, 2.05) is 16.7 Å². The second-order valence-electron chi connectivity index (χ2n) is 3.54. The summed E-state index contributed by atoms with van der Waals surface area (Å²) < 4.78 is 6.91. The molecule has 0 fully saturated rings. The lowest BCUT2D eigenvalue weighted by Gasteiger charge is -2.08. The lowest BCUT2D eigenvalue weighted by Crippen LogP contribution is -2.06. The van der Waals surface area contributed by atoms with Crippen LogP contribution in [0.25, 0.3) is 11.4 Å². The van der Waals surface area contributed by atoms with Gasteiger partial charge in [0.15, 0.2) is 5.82 Å². The van der Waals surface area contributed by atoms with Crippen LogP contribution in [0.2, 0.25) is 5.02 Å². The van der Waals surface area contributed by atoms with E-state index in [2.05, 4.69) is 10.2 Å². The molecule has 2 rings (SSSR count). The van der Waals surface area contributed by atoms with Crippen molar-refractivity contribution in [3.63, 3.8) is 0 Å². The van der Waals surface area contributed by atoms with Gasteiger partial charge < -0.3 is 15.0 Å². The summed E-state index contributed by atoms with van der Waals surface area (Å²) >= 11 is 5.98. The molecule has 0 atom stereocenters. The summed E-state index contributed by atoms with van der Waals surface area (Å²) in [5.41, 5.74) is 7.23. The number of nitrogens with zero attached hydrogens (tertiary/aromatic N) is 3. The summed E-state index contributed by atoms with van der Waals surface area (Å²) in [4.78, 5) is 0. The molecule has 1 heterocycles. The molecular formula is C11H13ClN4O. The quantitative estimate of drug-likeness (QED) is 0.843. The van der Waals surface area contributed by atoms with E-state index in [9.17, 15) is 0 Å². The van der Waals surface area contributed by atoms with Crippen LogP contribution < -0.4 is 5.73 Å². The Hall–Kier alpha value is -1.59. The Labute approximate surface area is 104 Å². The SMILES string of the molecule is COCCn1cnnc1-c1cccc(Cl)c1N. The molecule has 6 heteroatoms. The number of nitrogen functional groups attached to an aromatic ring is 1. The monoisotopic (exact) mass is 252 g/mol. The third-order valence-corrected chi connectivity index (χ3v) is 2.78. The fourth-order valence-corrected chi connectivity index (χ4v) is 1.72. The summed E-state index contributed by atoms with van der Waals surface area (Å²) in [6, 6.07) is 5.45. The van der Waals surface area contributed by atoms with Crippen LogP contribution in [0.1, 0.15) is 0 Å². The van der Waals surface area contributed by atoms with Gasteiger partial charge in [0.1, 0.15) is 6.33 Å². The van der Waals surface area contributed by atoms with E-state index in [0.29, 0.717) is 29.7 Å². The molecule has 2 aromatic rings. The van der Waals surface area contributed by atoms with Crippen LogP contribution in [-0.4, -0.2) is 28.5 Å². The van der Waals surface area contributed by atoms with Crippen molar-refractivity contribution in [2.45, 2.75) is 6.54 Å². The number of para-hydroxylation sites is 1. The first-order valence-corrected chi connectivity index (χ1v) is 5.53. The summed E-state index contributed by atoms with van der Waals surface area (Å²) in [7, 11) is 1.65. The molecule has 0 bridgehead atoms. The molecule has 0 aliphatic heterocycles. The van der Waals surface area contributed by atoms with Crippen LogP contribution in [0.15, 0.2) is 24.5 Å². The lowest BCUT2D eigenvalue weighted by atomic mass is 10.1. The molecule has 0 aliphatic carbocycles. The number of halogens is 1. The van der Waals surface area contributed by atoms with Gasteiger partial charge in [0.2, 0.25) is 0 Å². The summed E-state index contributed by atoms with van der Waals surface area (Å²) in [5.74, 6) is 0.696. The van der Waals surface area contributed by atoms with Crippen LogP contribution in [0.4, 0.5) is 5.69 Å². The highest BCUT2D eigenvalue weighted by atomic mass is 35.5. The van der Waals surface area contributed by atoms with E-state index >= 15 is 0 Å². The lowest BCUT2D eigenvalue weighted by molar-refractivity contribution is 0.187. The van der Waals surface area contributed by atoms with Gasteiger partial charge in [-0.25, -0.2) is 0 Å². The maximum atomic E-state index is 5.98. The van der Waals surface area contributed by atoms with Crippen molar-refractivity contribution >= 4 is 17.3 Å². The fraction of sp³-hybridized carbons (Fsp3) is 0.273. The van der Waals surface area contributed by atoms with Gasteiger partial charge in [-0.2, -0.15) is 0 Å². The predicted octanol–water partition coefficient (Wildman–Crippen LogP) is 1.83. The number of ether oxygens (including phenoxy) is 1. The zero-order valence-corrected chi connectivity index (χ0v) is 10.2. The Bertz CT molecular complexity index is 512. The predicted molar refractivity (Wildman–Crippen MR) is 66.8 cm³/mol. The van der Waals surface area contributed by atoms with Crippen molar-refractivity contribution in [3.8, 4) is 11.4 Å². The maximum absolute atomic E-state index is 5.98. The van der Waals surface area contributed by atoms with Crippen LogP contribution in [0.5, 0.6) is 0 Å². The molecule has 2 N–H and O–H groups in total. The summed E-state index contributed by atoms with van der Waals surface area (Å²) in [6.45, 7) is 1.26. The number of anilines is 1. The highest BCUT2D eigenvalue weighted by Gasteiger charge is 2.11. The van der Waals surface area contributed by atoms with Gasteiger partial charge in [0, 0.05) is 19.2 Å². The van der Waals surface area contributed by atoms with Crippen molar-refractivity contribution in [1.29, 1.82) is 0 Å². The Morgan fingerprint density at radius 1 is 1.47 bits per heavy atom. The van der Waals surface area contributed by atoms with Crippen molar-refractivity contribution in [2.24, 2.45) is 0 Å². The minimum atomic E-state index is 0.515. The van der Waals surface area contributed by atoms with Gasteiger partial charge in [0.25, 0.3) is 0 Å². The van der Waals surface area contributed by atoms with Crippen molar-refractivity contribution in [2.75, 3.05) is 19.5 Å². The van der Waals surface area contributed by atoms with Crippen molar-refractivity contribution < 1.29 is 4.74 Å². The highest BCUT2D eigenvalue weighted by molar-refractivity contribution is 6.33. The summed E-state index contributed by atoms with van der Waals surface area (Å²) in [6.07, 6.45) is 1.65. The Kier molecular flexibility index (Phi) is 3.61.